The summed E-state index contributed by atoms with van der Waals surface area (Å²) in [6.07, 6.45) is 4.39. The third-order valence-corrected chi connectivity index (χ3v) is 3.32. The smallest absolute Gasteiger partial charge is 0.226 e. The van der Waals surface area contributed by atoms with Gasteiger partial charge in [-0.1, -0.05) is 0 Å². The van der Waals surface area contributed by atoms with Gasteiger partial charge in [0.15, 0.2) is 0 Å². The first kappa shape index (κ1) is 12.3. The van der Waals surface area contributed by atoms with Gasteiger partial charge in [0.25, 0.3) is 0 Å². The zero-order valence-electron chi connectivity index (χ0n) is 10.7. The number of aryl methyl sites for hydroxylation is 2. The van der Waals surface area contributed by atoms with E-state index < -0.39 is 0 Å². The van der Waals surface area contributed by atoms with E-state index in [0.717, 1.165) is 36.7 Å². The number of aromatic nitrogens is 2. The SMILES string of the molecule is Cc1cc(C)nc(N2CCCC[C@@H]2CCO)n1. The van der Waals surface area contributed by atoms with Gasteiger partial charge in [-0.05, 0) is 45.6 Å². The lowest BCUT2D eigenvalue weighted by atomic mass is 10.0. The summed E-state index contributed by atoms with van der Waals surface area (Å²) in [5.74, 6) is 0.834. The second kappa shape index (κ2) is 5.45. The molecule has 1 atom stereocenters. The van der Waals surface area contributed by atoms with Crippen LogP contribution in [0, 0.1) is 13.8 Å². The maximum absolute atomic E-state index is 9.12. The highest BCUT2D eigenvalue weighted by Gasteiger charge is 2.24. The molecule has 0 amide bonds. The average Bonchev–Trinajstić information content (AvgIpc) is 2.29. The molecule has 1 N–H and O–H groups in total. The number of hydrogen-bond acceptors (Lipinski definition) is 4. The van der Waals surface area contributed by atoms with Gasteiger partial charge in [-0.3, -0.25) is 0 Å². The van der Waals surface area contributed by atoms with Crippen LogP contribution in [-0.2, 0) is 0 Å². The van der Waals surface area contributed by atoms with Crippen LogP contribution in [0.2, 0.25) is 0 Å². The molecule has 0 saturated carbocycles. The van der Waals surface area contributed by atoms with Crippen molar-refractivity contribution in [3.8, 4) is 0 Å². The molecule has 1 aromatic rings. The standard InChI is InChI=1S/C13H21N3O/c1-10-9-11(2)15-13(14-10)16-7-4-3-5-12(16)6-8-17/h9,12,17H,3-8H2,1-2H3/t12-/m1/s1. The summed E-state index contributed by atoms with van der Waals surface area (Å²) in [4.78, 5) is 11.3. The van der Waals surface area contributed by atoms with E-state index in [-0.39, 0.29) is 6.61 Å². The van der Waals surface area contributed by atoms with E-state index in [0.29, 0.717) is 6.04 Å². The van der Waals surface area contributed by atoms with E-state index in [1.807, 2.05) is 19.9 Å². The number of aliphatic hydroxyl groups is 1. The first-order valence-electron chi connectivity index (χ1n) is 6.40. The molecule has 2 heterocycles. The van der Waals surface area contributed by atoms with Gasteiger partial charge >= 0.3 is 0 Å². The number of piperidine rings is 1. The minimum absolute atomic E-state index is 0.242. The summed E-state index contributed by atoms with van der Waals surface area (Å²) in [5, 5.41) is 9.12. The quantitative estimate of drug-likeness (QED) is 0.868. The summed E-state index contributed by atoms with van der Waals surface area (Å²) >= 11 is 0. The Morgan fingerprint density at radius 1 is 1.29 bits per heavy atom. The van der Waals surface area contributed by atoms with Crippen LogP contribution in [0.5, 0.6) is 0 Å². The average molecular weight is 235 g/mol. The van der Waals surface area contributed by atoms with E-state index in [1.54, 1.807) is 0 Å². The Bertz CT molecular complexity index is 359. The highest BCUT2D eigenvalue weighted by atomic mass is 16.3. The highest BCUT2D eigenvalue weighted by molar-refractivity contribution is 5.34. The second-order valence-electron chi connectivity index (χ2n) is 4.81. The Balaban J connectivity index is 2.22. The van der Waals surface area contributed by atoms with E-state index in [1.165, 1.54) is 12.8 Å². The maximum Gasteiger partial charge on any atom is 0.226 e. The summed E-state index contributed by atoms with van der Waals surface area (Å²) in [6, 6.07) is 2.39. The van der Waals surface area contributed by atoms with Crippen molar-refractivity contribution < 1.29 is 5.11 Å². The normalized spacial score (nSPS) is 20.6. The van der Waals surface area contributed by atoms with Gasteiger partial charge < -0.3 is 10.0 Å². The van der Waals surface area contributed by atoms with Crippen LogP contribution in [0.15, 0.2) is 6.07 Å². The monoisotopic (exact) mass is 235 g/mol. The predicted octanol–water partition coefficient (Wildman–Crippen LogP) is 1.83. The molecule has 1 aliphatic heterocycles. The Hall–Kier alpha value is -1.16. The van der Waals surface area contributed by atoms with Crippen LogP contribution < -0.4 is 4.90 Å². The molecule has 94 valence electrons. The number of anilines is 1. The molecule has 1 aromatic heterocycles. The number of hydrogen-bond donors (Lipinski definition) is 1. The van der Waals surface area contributed by atoms with E-state index in [4.69, 9.17) is 5.11 Å². The van der Waals surface area contributed by atoms with Crippen LogP contribution in [0.25, 0.3) is 0 Å². The molecule has 0 radical (unpaired) electrons. The van der Waals surface area contributed by atoms with Crippen molar-refractivity contribution >= 4 is 5.95 Å². The third kappa shape index (κ3) is 2.94. The number of rotatable bonds is 3. The maximum atomic E-state index is 9.12. The van der Waals surface area contributed by atoms with Crippen molar-refractivity contribution in [2.24, 2.45) is 0 Å². The summed E-state index contributed by atoms with van der Waals surface area (Å²) in [7, 11) is 0. The van der Waals surface area contributed by atoms with E-state index in [2.05, 4.69) is 14.9 Å². The minimum atomic E-state index is 0.242. The Labute approximate surface area is 103 Å². The Morgan fingerprint density at radius 2 is 2.00 bits per heavy atom. The highest BCUT2D eigenvalue weighted by Crippen LogP contribution is 2.24. The molecule has 4 heteroatoms. The van der Waals surface area contributed by atoms with Crippen LogP contribution in [0.3, 0.4) is 0 Å². The second-order valence-corrected chi connectivity index (χ2v) is 4.81. The van der Waals surface area contributed by atoms with Crippen LogP contribution in [-0.4, -0.2) is 34.3 Å². The lowest BCUT2D eigenvalue weighted by molar-refractivity contribution is 0.261. The molecule has 1 fully saturated rings. The Morgan fingerprint density at radius 3 is 2.65 bits per heavy atom. The molecule has 0 spiro atoms. The predicted molar refractivity (Wildman–Crippen MR) is 68.2 cm³/mol. The van der Waals surface area contributed by atoms with Gasteiger partial charge in [-0.2, -0.15) is 0 Å². The van der Waals surface area contributed by atoms with Gasteiger partial charge in [0.2, 0.25) is 5.95 Å². The lowest BCUT2D eigenvalue weighted by Crippen LogP contribution is -2.41. The van der Waals surface area contributed by atoms with Gasteiger partial charge in [0.05, 0.1) is 0 Å². The fourth-order valence-electron chi connectivity index (χ4n) is 2.55. The first-order valence-corrected chi connectivity index (χ1v) is 6.40. The number of aliphatic hydroxyl groups excluding tert-OH is 1. The molecule has 0 unspecified atom stereocenters. The number of nitrogens with zero attached hydrogens (tertiary/aromatic N) is 3. The van der Waals surface area contributed by atoms with Crippen molar-refractivity contribution in [3.05, 3.63) is 17.5 Å². The summed E-state index contributed by atoms with van der Waals surface area (Å²) in [5.41, 5.74) is 2.03. The van der Waals surface area contributed by atoms with Gasteiger partial charge in [-0.25, -0.2) is 9.97 Å². The van der Waals surface area contributed by atoms with Crippen molar-refractivity contribution in [1.29, 1.82) is 0 Å². The molecule has 0 bridgehead atoms. The molecular weight excluding hydrogens is 214 g/mol. The van der Waals surface area contributed by atoms with Crippen LogP contribution >= 0.6 is 0 Å². The van der Waals surface area contributed by atoms with Crippen molar-refractivity contribution in [3.63, 3.8) is 0 Å². The molecule has 17 heavy (non-hydrogen) atoms. The summed E-state index contributed by atoms with van der Waals surface area (Å²) in [6.45, 7) is 5.26. The van der Waals surface area contributed by atoms with Crippen molar-refractivity contribution in [2.45, 2.75) is 45.6 Å². The molecule has 1 saturated heterocycles. The summed E-state index contributed by atoms with van der Waals surface area (Å²) < 4.78 is 0. The molecular formula is C13H21N3O. The van der Waals surface area contributed by atoms with Gasteiger partial charge in [-0.15, -0.1) is 0 Å². The lowest BCUT2D eigenvalue weighted by Gasteiger charge is -2.35. The van der Waals surface area contributed by atoms with Crippen LogP contribution in [0.4, 0.5) is 5.95 Å². The van der Waals surface area contributed by atoms with E-state index in [9.17, 15) is 0 Å². The molecule has 2 rings (SSSR count). The fraction of sp³-hybridized carbons (Fsp3) is 0.692. The Kier molecular flexibility index (Phi) is 3.94. The van der Waals surface area contributed by atoms with Crippen molar-refractivity contribution in [1.82, 2.24) is 9.97 Å². The van der Waals surface area contributed by atoms with Crippen LogP contribution in [0.1, 0.15) is 37.1 Å². The largest absolute Gasteiger partial charge is 0.396 e. The van der Waals surface area contributed by atoms with Gasteiger partial charge in [0, 0.05) is 30.6 Å². The zero-order chi connectivity index (χ0) is 12.3. The molecule has 0 aromatic carbocycles. The molecule has 1 aliphatic rings. The van der Waals surface area contributed by atoms with Gasteiger partial charge in [0.1, 0.15) is 0 Å². The fourth-order valence-corrected chi connectivity index (χ4v) is 2.55. The molecule has 0 aliphatic carbocycles. The van der Waals surface area contributed by atoms with Crippen molar-refractivity contribution in [2.75, 3.05) is 18.1 Å². The first-order chi connectivity index (χ1) is 8.20. The molecule has 4 nitrogen and oxygen atoms in total. The zero-order valence-corrected chi connectivity index (χ0v) is 10.7. The van der Waals surface area contributed by atoms with E-state index >= 15 is 0 Å². The third-order valence-electron chi connectivity index (χ3n) is 3.32. The topological polar surface area (TPSA) is 49.2 Å². The minimum Gasteiger partial charge on any atom is -0.396 e.